The molecule has 0 aliphatic carbocycles. The Labute approximate surface area is 158 Å². The van der Waals surface area contributed by atoms with Gasteiger partial charge in [0.1, 0.15) is 12.4 Å². The Morgan fingerprint density at radius 2 is 2.04 bits per heavy atom. The van der Waals surface area contributed by atoms with Crippen molar-refractivity contribution in [2.45, 2.75) is 6.61 Å². The zero-order chi connectivity index (χ0) is 18.8. The van der Waals surface area contributed by atoms with Crippen molar-refractivity contribution in [2.75, 3.05) is 20.2 Å². The minimum atomic E-state index is -0.441. The minimum absolute atomic E-state index is 0.279. The molecule has 0 aromatic heterocycles. The standard InChI is InChI=1S/C21H20ClNO3/c1-3-11-23-14-18(21(24)25-2)12-17-13-19(22)9-10-20(17)26-15-16-7-5-4-6-8-16/h1,4-10,12-13,23H,11,14-15H2,2H3/b18-12+. The van der Waals surface area contributed by atoms with Gasteiger partial charge >= 0.3 is 5.97 Å². The lowest BCUT2D eigenvalue weighted by molar-refractivity contribution is -0.136. The number of hydrogen-bond acceptors (Lipinski definition) is 4. The highest BCUT2D eigenvalue weighted by Gasteiger charge is 2.12. The fourth-order valence-corrected chi connectivity index (χ4v) is 2.45. The molecule has 0 saturated heterocycles. The molecular formula is C21H20ClNO3. The number of carbonyl (C=O) groups is 1. The first-order chi connectivity index (χ1) is 12.6. The summed E-state index contributed by atoms with van der Waals surface area (Å²) in [6.45, 7) is 1.04. The molecule has 2 rings (SSSR count). The molecule has 0 saturated carbocycles. The number of halogens is 1. The number of rotatable bonds is 8. The van der Waals surface area contributed by atoms with Crippen LogP contribution in [0.2, 0.25) is 5.02 Å². The molecule has 1 N–H and O–H groups in total. The number of methoxy groups -OCH3 is 1. The first kappa shape index (κ1) is 19.6. The van der Waals surface area contributed by atoms with Gasteiger partial charge in [-0.3, -0.25) is 0 Å². The van der Waals surface area contributed by atoms with E-state index >= 15 is 0 Å². The molecule has 26 heavy (non-hydrogen) atoms. The third-order valence-corrected chi connectivity index (χ3v) is 3.76. The monoisotopic (exact) mass is 369 g/mol. The van der Waals surface area contributed by atoms with Crippen LogP contribution in [-0.2, 0) is 16.1 Å². The van der Waals surface area contributed by atoms with Crippen molar-refractivity contribution < 1.29 is 14.3 Å². The van der Waals surface area contributed by atoms with Crippen LogP contribution in [0.4, 0.5) is 0 Å². The number of nitrogens with one attached hydrogen (secondary N) is 1. The van der Waals surface area contributed by atoms with Crippen LogP contribution in [0, 0.1) is 12.3 Å². The predicted octanol–water partition coefficient (Wildman–Crippen LogP) is 3.70. The molecule has 0 spiro atoms. The van der Waals surface area contributed by atoms with Gasteiger partial charge in [0, 0.05) is 17.1 Å². The Hall–Kier alpha value is -2.74. The average molecular weight is 370 g/mol. The summed E-state index contributed by atoms with van der Waals surface area (Å²) in [5, 5.41) is 3.53. The molecule has 5 heteroatoms. The molecule has 0 unspecified atom stereocenters. The number of esters is 1. The molecule has 2 aromatic carbocycles. The number of hydrogen-bond donors (Lipinski definition) is 1. The molecule has 4 nitrogen and oxygen atoms in total. The van der Waals surface area contributed by atoms with E-state index in [4.69, 9.17) is 27.5 Å². The van der Waals surface area contributed by atoms with Crippen LogP contribution < -0.4 is 10.1 Å². The van der Waals surface area contributed by atoms with Crippen molar-refractivity contribution in [1.82, 2.24) is 5.32 Å². The van der Waals surface area contributed by atoms with E-state index in [0.717, 1.165) is 5.56 Å². The van der Waals surface area contributed by atoms with E-state index in [1.165, 1.54) is 7.11 Å². The molecule has 134 valence electrons. The van der Waals surface area contributed by atoms with Crippen molar-refractivity contribution in [3.05, 3.63) is 70.3 Å². The highest BCUT2D eigenvalue weighted by Crippen LogP contribution is 2.26. The van der Waals surface area contributed by atoms with Gasteiger partial charge in [0.15, 0.2) is 0 Å². The lowest BCUT2D eigenvalue weighted by Gasteiger charge is -2.12. The maximum atomic E-state index is 12.0. The zero-order valence-electron chi connectivity index (χ0n) is 14.5. The van der Waals surface area contributed by atoms with Crippen LogP contribution in [0.5, 0.6) is 5.75 Å². The van der Waals surface area contributed by atoms with Crippen LogP contribution in [0.3, 0.4) is 0 Å². The molecular weight excluding hydrogens is 350 g/mol. The lowest BCUT2D eigenvalue weighted by Crippen LogP contribution is -2.22. The summed E-state index contributed by atoms with van der Waals surface area (Å²) in [4.78, 5) is 12.0. The van der Waals surface area contributed by atoms with Crippen molar-refractivity contribution >= 4 is 23.6 Å². The maximum absolute atomic E-state index is 12.0. The van der Waals surface area contributed by atoms with E-state index in [2.05, 4.69) is 11.2 Å². The van der Waals surface area contributed by atoms with Gasteiger partial charge in [0.05, 0.1) is 19.2 Å². The van der Waals surface area contributed by atoms with Gasteiger partial charge in [-0.2, -0.15) is 0 Å². The summed E-state index contributed by atoms with van der Waals surface area (Å²) in [5.74, 6) is 2.65. The third-order valence-electron chi connectivity index (χ3n) is 3.53. The smallest absolute Gasteiger partial charge is 0.335 e. The summed E-state index contributed by atoms with van der Waals surface area (Å²) in [6, 6.07) is 15.1. The molecule has 0 atom stereocenters. The van der Waals surface area contributed by atoms with Crippen molar-refractivity contribution in [3.63, 3.8) is 0 Å². The van der Waals surface area contributed by atoms with Crippen LogP contribution in [0.25, 0.3) is 6.08 Å². The van der Waals surface area contributed by atoms with Gasteiger partial charge in [0.25, 0.3) is 0 Å². The van der Waals surface area contributed by atoms with Gasteiger partial charge in [-0.05, 0) is 29.8 Å². The summed E-state index contributed by atoms with van der Waals surface area (Å²) >= 11 is 6.11. The Kier molecular flexibility index (Phi) is 7.75. The third kappa shape index (κ3) is 5.96. The second-order valence-electron chi connectivity index (χ2n) is 5.43. The SMILES string of the molecule is C#CCNC/C(=C\c1cc(Cl)ccc1OCc1ccccc1)C(=O)OC. The van der Waals surface area contributed by atoms with E-state index in [1.54, 1.807) is 24.3 Å². The molecule has 0 bridgehead atoms. The van der Waals surface area contributed by atoms with E-state index in [9.17, 15) is 4.79 Å². The molecule has 0 radical (unpaired) electrons. The molecule has 0 aliphatic heterocycles. The van der Waals surface area contributed by atoms with Crippen LogP contribution in [0.15, 0.2) is 54.1 Å². The number of benzene rings is 2. The number of ether oxygens (including phenoxy) is 2. The van der Waals surface area contributed by atoms with Gasteiger partial charge < -0.3 is 14.8 Å². The topological polar surface area (TPSA) is 47.6 Å². The Bertz CT molecular complexity index is 810. The zero-order valence-corrected chi connectivity index (χ0v) is 15.3. The second-order valence-corrected chi connectivity index (χ2v) is 5.86. The lowest BCUT2D eigenvalue weighted by atomic mass is 10.1. The quantitative estimate of drug-likeness (QED) is 0.333. The molecule has 0 fully saturated rings. The summed E-state index contributed by atoms with van der Waals surface area (Å²) < 4.78 is 10.8. The van der Waals surface area contributed by atoms with E-state index in [1.807, 2.05) is 30.3 Å². The van der Waals surface area contributed by atoms with Crippen molar-refractivity contribution in [3.8, 4) is 18.1 Å². The van der Waals surface area contributed by atoms with Crippen LogP contribution in [-0.4, -0.2) is 26.2 Å². The minimum Gasteiger partial charge on any atom is -0.488 e. The summed E-state index contributed by atoms with van der Waals surface area (Å²) in [7, 11) is 1.34. The van der Waals surface area contributed by atoms with Gasteiger partial charge in [-0.15, -0.1) is 6.42 Å². The number of terminal acetylenes is 1. The second kappa shape index (κ2) is 10.3. The average Bonchev–Trinajstić information content (AvgIpc) is 2.67. The Morgan fingerprint density at radius 3 is 2.73 bits per heavy atom. The summed E-state index contributed by atoms with van der Waals surface area (Å²) in [5.41, 5.74) is 2.16. The van der Waals surface area contributed by atoms with E-state index < -0.39 is 5.97 Å². The van der Waals surface area contributed by atoms with Gasteiger partial charge in [0.2, 0.25) is 0 Å². The molecule has 2 aromatic rings. The highest BCUT2D eigenvalue weighted by atomic mass is 35.5. The Balaban J connectivity index is 2.25. The predicted molar refractivity (Wildman–Crippen MR) is 104 cm³/mol. The Morgan fingerprint density at radius 1 is 1.27 bits per heavy atom. The highest BCUT2D eigenvalue weighted by molar-refractivity contribution is 6.30. The van der Waals surface area contributed by atoms with Crippen LogP contribution in [0.1, 0.15) is 11.1 Å². The molecule has 0 aliphatic rings. The van der Waals surface area contributed by atoms with E-state index in [-0.39, 0.29) is 6.54 Å². The maximum Gasteiger partial charge on any atom is 0.335 e. The van der Waals surface area contributed by atoms with E-state index in [0.29, 0.717) is 35.1 Å². The van der Waals surface area contributed by atoms with Crippen molar-refractivity contribution in [2.24, 2.45) is 0 Å². The fraction of sp³-hybridized carbons (Fsp3) is 0.190. The normalized spacial score (nSPS) is 10.9. The van der Waals surface area contributed by atoms with Crippen LogP contribution >= 0.6 is 11.6 Å². The largest absolute Gasteiger partial charge is 0.488 e. The first-order valence-electron chi connectivity index (χ1n) is 8.03. The summed E-state index contributed by atoms with van der Waals surface area (Å²) in [6.07, 6.45) is 6.93. The van der Waals surface area contributed by atoms with Gasteiger partial charge in [-0.25, -0.2) is 4.79 Å². The molecule has 0 amide bonds. The fourth-order valence-electron chi connectivity index (χ4n) is 2.27. The number of carbonyl (C=O) groups excluding carboxylic acids is 1. The first-order valence-corrected chi connectivity index (χ1v) is 8.41. The van der Waals surface area contributed by atoms with Crippen molar-refractivity contribution in [1.29, 1.82) is 0 Å². The van der Waals surface area contributed by atoms with Gasteiger partial charge in [-0.1, -0.05) is 47.9 Å². The molecule has 0 heterocycles.